The summed E-state index contributed by atoms with van der Waals surface area (Å²) in [7, 11) is 0. The number of fused-ring (bicyclic) bond motifs is 1. The van der Waals surface area contributed by atoms with Gasteiger partial charge in [-0.1, -0.05) is 51.7 Å². The summed E-state index contributed by atoms with van der Waals surface area (Å²) in [4.78, 5) is 55.4. The number of likely N-dealkylation sites (tertiary alicyclic amines) is 1. The van der Waals surface area contributed by atoms with Gasteiger partial charge in [0, 0.05) is 37.8 Å². The number of unbranched alkanes of at least 4 members (excludes halogenated alkanes) is 4. The predicted molar refractivity (Wildman–Crippen MR) is 210 cm³/mol. The molecule has 13 heteroatoms. The van der Waals surface area contributed by atoms with Crippen LogP contribution in [0.2, 0.25) is 0 Å². The summed E-state index contributed by atoms with van der Waals surface area (Å²) in [5.41, 5.74) is 0.863. The molecule has 1 aliphatic carbocycles. The highest BCUT2D eigenvalue weighted by Crippen LogP contribution is 2.43. The van der Waals surface area contributed by atoms with Crippen molar-refractivity contribution in [2.24, 2.45) is 0 Å². The summed E-state index contributed by atoms with van der Waals surface area (Å²) < 4.78 is 30.3. The Bertz CT molecular complexity index is 1490. The second kappa shape index (κ2) is 21.7. The number of nitrogens with zero attached hydrogens (tertiary/aromatic N) is 1. The van der Waals surface area contributed by atoms with E-state index in [1.807, 2.05) is 0 Å². The van der Waals surface area contributed by atoms with Crippen LogP contribution in [0.1, 0.15) is 134 Å². The van der Waals surface area contributed by atoms with Gasteiger partial charge < -0.3 is 44.1 Å². The quantitative estimate of drug-likeness (QED) is 0.0788. The maximum absolute atomic E-state index is 14.4. The Morgan fingerprint density at radius 2 is 1.71 bits per heavy atom. The first-order valence-electron chi connectivity index (χ1n) is 20.5. The average molecular weight is 785 g/mol. The molecule has 0 bridgehead atoms. The molecule has 2 aliphatic heterocycles. The number of benzene rings is 1. The molecule has 0 aromatic heterocycles. The number of esters is 2. The molecular formula is C43H64N2O11. The predicted octanol–water partition coefficient (Wildman–Crippen LogP) is 5.75. The van der Waals surface area contributed by atoms with Gasteiger partial charge in [-0.25, -0.2) is 4.79 Å². The van der Waals surface area contributed by atoms with E-state index in [1.54, 1.807) is 62.1 Å². The normalized spacial score (nSPS) is 22.3. The topological polar surface area (TPSA) is 170 Å². The number of carbonyl (C=O) groups is 4. The molecule has 56 heavy (non-hydrogen) atoms. The molecule has 3 N–H and O–H groups in total. The summed E-state index contributed by atoms with van der Waals surface area (Å²) in [6, 6.07) is 5.36. The molecule has 2 heterocycles. The highest BCUT2D eigenvalue weighted by Gasteiger charge is 2.53. The van der Waals surface area contributed by atoms with Gasteiger partial charge in [-0.2, -0.15) is 0 Å². The second-order valence-electron chi connectivity index (χ2n) is 16.0. The minimum atomic E-state index is -0.875. The van der Waals surface area contributed by atoms with Crippen molar-refractivity contribution in [1.29, 1.82) is 0 Å². The molecule has 0 radical (unpaired) electrons. The molecule has 13 nitrogen and oxygen atoms in total. The lowest BCUT2D eigenvalue weighted by molar-refractivity contribution is -0.190. The Balaban J connectivity index is 1.53. The number of rotatable bonds is 21. The van der Waals surface area contributed by atoms with Crippen LogP contribution in [-0.4, -0.2) is 107 Å². The molecule has 5 atom stereocenters. The van der Waals surface area contributed by atoms with Crippen molar-refractivity contribution in [2.75, 3.05) is 26.4 Å². The van der Waals surface area contributed by atoms with Crippen molar-refractivity contribution < 1.29 is 53.1 Å². The van der Waals surface area contributed by atoms with Crippen LogP contribution < -0.4 is 5.32 Å². The van der Waals surface area contributed by atoms with Crippen LogP contribution in [0.5, 0.6) is 0 Å². The monoisotopic (exact) mass is 784 g/mol. The van der Waals surface area contributed by atoms with E-state index in [4.69, 9.17) is 28.8 Å². The minimum absolute atomic E-state index is 0.0215. The maximum atomic E-state index is 14.4. The Morgan fingerprint density at radius 3 is 2.34 bits per heavy atom. The first-order valence-corrected chi connectivity index (χ1v) is 20.5. The Hall–Kier alpha value is -3.78. The lowest BCUT2D eigenvalue weighted by Crippen LogP contribution is -2.51. The molecule has 0 unspecified atom stereocenters. The van der Waals surface area contributed by atoms with Gasteiger partial charge in [0.05, 0.1) is 31.1 Å². The summed E-state index contributed by atoms with van der Waals surface area (Å²) in [6.07, 6.45) is 11.5. The zero-order valence-electron chi connectivity index (χ0n) is 34.0. The van der Waals surface area contributed by atoms with Crippen molar-refractivity contribution in [2.45, 2.75) is 160 Å². The highest BCUT2D eigenvalue weighted by atomic mass is 16.8. The maximum Gasteiger partial charge on any atom is 0.338 e. The SMILES string of the molecule is CCCCCC1(CCCCC)O[C@@H]2[C@@H](C=C(C(=O)N3CCC[C@@H]3C(=O)N[C@H](CO)CCC(=O)OC(C)(C)C)C[C@H]2OC(=O)c2ccc(C=COCCO)cc2)O1. The van der Waals surface area contributed by atoms with E-state index >= 15 is 0 Å². The van der Waals surface area contributed by atoms with Crippen molar-refractivity contribution in [3.05, 3.63) is 53.3 Å². The molecule has 0 saturated carbocycles. The van der Waals surface area contributed by atoms with Gasteiger partial charge in [-0.15, -0.1) is 0 Å². The first-order chi connectivity index (χ1) is 26.8. The molecule has 2 fully saturated rings. The van der Waals surface area contributed by atoms with Gasteiger partial charge in [-0.05, 0) is 82.7 Å². The molecule has 2 saturated heterocycles. The standard InChI is InChI=1S/C43H64N2O11/c1-6-8-10-21-43(22-11-9-7-2)54-36-28-32(27-35(38(36)56-43)53-41(51)31-16-14-30(15-17-31)20-25-52-26-24-46)40(50)45-23-12-13-34(45)39(49)44-33(29-47)18-19-37(48)55-42(3,4)5/h14-17,20,25,28,33-36,38,46-47H,6-13,18-19,21-24,26-27,29H2,1-5H3,(H,44,49)/t33-,34+,35+,36+,38-/m0/s1. The molecular weight excluding hydrogens is 720 g/mol. The van der Waals surface area contributed by atoms with Crippen molar-refractivity contribution in [3.8, 4) is 0 Å². The number of aliphatic hydroxyl groups is 2. The number of hydrogen-bond donors (Lipinski definition) is 3. The first kappa shape index (κ1) is 44.9. The fourth-order valence-electron chi connectivity index (χ4n) is 7.43. The zero-order valence-corrected chi connectivity index (χ0v) is 34.0. The van der Waals surface area contributed by atoms with Gasteiger partial charge in [0.1, 0.15) is 36.6 Å². The average Bonchev–Trinajstić information content (AvgIpc) is 3.80. The van der Waals surface area contributed by atoms with Crippen molar-refractivity contribution in [1.82, 2.24) is 10.2 Å². The molecule has 0 spiro atoms. The van der Waals surface area contributed by atoms with Gasteiger partial charge in [-0.3, -0.25) is 14.4 Å². The lowest BCUT2D eigenvalue weighted by Gasteiger charge is -2.33. The van der Waals surface area contributed by atoms with E-state index < -0.39 is 59.6 Å². The Labute approximate surface area is 332 Å². The Morgan fingerprint density at radius 1 is 1.02 bits per heavy atom. The van der Waals surface area contributed by atoms with Gasteiger partial charge in [0.2, 0.25) is 11.8 Å². The largest absolute Gasteiger partial charge is 0.499 e. The fraction of sp³-hybridized carbons (Fsp3) is 0.674. The molecule has 1 aromatic carbocycles. The molecule has 1 aromatic rings. The summed E-state index contributed by atoms with van der Waals surface area (Å²) in [6.45, 7) is 9.69. The Kier molecular flexibility index (Phi) is 17.4. The minimum Gasteiger partial charge on any atom is -0.499 e. The van der Waals surface area contributed by atoms with Crippen LogP contribution in [0.3, 0.4) is 0 Å². The molecule has 2 amide bonds. The van der Waals surface area contributed by atoms with Crippen LogP contribution in [-0.2, 0) is 38.1 Å². The van der Waals surface area contributed by atoms with Crippen LogP contribution in [0.25, 0.3) is 6.08 Å². The molecule has 312 valence electrons. The van der Waals surface area contributed by atoms with Crippen molar-refractivity contribution in [3.63, 3.8) is 0 Å². The number of ether oxygens (including phenoxy) is 5. The number of hydrogen-bond acceptors (Lipinski definition) is 11. The van der Waals surface area contributed by atoms with E-state index in [-0.39, 0.29) is 45.0 Å². The number of amides is 2. The summed E-state index contributed by atoms with van der Waals surface area (Å²) >= 11 is 0. The van der Waals surface area contributed by atoms with Gasteiger partial charge >= 0.3 is 11.9 Å². The third-order valence-electron chi connectivity index (χ3n) is 10.2. The van der Waals surface area contributed by atoms with Crippen LogP contribution in [0.15, 0.2) is 42.2 Å². The molecule has 4 rings (SSSR count). The number of carbonyl (C=O) groups excluding carboxylic acids is 4. The second-order valence-corrected chi connectivity index (χ2v) is 16.0. The van der Waals surface area contributed by atoms with Crippen LogP contribution in [0, 0.1) is 0 Å². The van der Waals surface area contributed by atoms with Crippen molar-refractivity contribution >= 4 is 29.8 Å². The van der Waals surface area contributed by atoms with E-state index in [2.05, 4.69) is 19.2 Å². The summed E-state index contributed by atoms with van der Waals surface area (Å²) in [5.74, 6) is -2.60. The van der Waals surface area contributed by atoms with E-state index in [0.717, 1.165) is 44.1 Å². The fourth-order valence-corrected chi connectivity index (χ4v) is 7.43. The molecule has 3 aliphatic rings. The lowest BCUT2D eigenvalue weighted by atomic mass is 9.91. The van der Waals surface area contributed by atoms with Gasteiger partial charge in [0.15, 0.2) is 5.79 Å². The third kappa shape index (κ3) is 13.1. The van der Waals surface area contributed by atoms with E-state index in [1.165, 1.54) is 6.26 Å². The number of nitrogens with one attached hydrogen (secondary N) is 1. The third-order valence-corrected chi connectivity index (χ3v) is 10.2. The zero-order chi connectivity index (χ0) is 40.7. The van der Waals surface area contributed by atoms with E-state index in [9.17, 15) is 24.3 Å². The highest BCUT2D eigenvalue weighted by molar-refractivity contribution is 5.98. The number of aliphatic hydroxyl groups excluding tert-OH is 2. The van der Waals surface area contributed by atoms with Crippen LogP contribution >= 0.6 is 0 Å². The van der Waals surface area contributed by atoms with E-state index in [0.29, 0.717) is 43.4 Å². The van der Waals surface area contributed by atoms with Gasteiger partial charge in [0.25, 0.3) is 0 Å². The van der Waals surface area contributed by atoms with Crippen LogP contribution in [0.4, 0.5) is 0 Å². The summed E-state index contributed by atoms with van der Waals surface area (Å²) in [5, 5.41) is 21.8. The smallest absolute Gasteiger partial charge is 0.338 e.